The van der Waals surface area contributed by atoms with Crippen LogP contribution in [0.25, 0.3) is 0 Å². The van der Waals surface area contributed by atoms with Crippen LogP contribution in [-0.2, 0) is 14.3 Å². The molecule has 0 radical (unpaired) electrons. The Balaban J connectivity index is 2.30. The Bertz CT molecular complexity index is 459. The van der Waals surface area contributed by atoms with Crippen LogP contribution in [0.1, 0.15) is 12.8 Å². The average Bonchev–Trinajstić information content (AvgIpc) is 2.47. The first kappa shape index (κ1) is 17.0. The van der Waals surface area contributed by atoms with Crippen LogP contribution in [0.15, 0.2) is 24.3 Å². The van der Waals surface area contributed by atoms with Crippen molar-refractivity contribution in [3.8, 4) is 5.75 Å². The van der Waals surface area contributed by atoms with E-state index in [1.54, 1.807) is 31.4 Å². The summed E-state index contributed by atoms with van der Waals surface area (Å²) in [4.78, 5) is 24.7. The molecule has 0 aliphatic rings. The second-order valence-electron chi connectivity index (χ2n) is 4.69. The Morgan fingerprint density at radius 1 is 1.19 bits per heavy atom. The molecule has 0 atom stereocenters. The fraction of sp³-hybridized carbons (Fsp3) is 0.467. The Labute approximate surface area is 125 Å². The van der Waals surface area contributed by atoms with Crippen molar-refractivity contribution in [2.75, 3.05) is 39.7 Å². The van der Waals surface area contributed by atoms with Gasteiger partial charge in [0.05, 0.1) is 20.8 Å². The van der Waals surface area contributed by atoms with Gasteiger partial charge in [-0.25, -0.2) is 0 Å². The van der Waals surface area contributed by atoms with Crippen molar-refractivity contribution in [1.29, 1.82) is 0 Å². The highest BCUT2D eigenvalue weighted by molar-refractivity contribution is 5.92. The summed E-state index contributed by atoms with van der Waals surface area (Å²) < 4.78 is 9.62. The molecule has 0 saturated carbocycles. The predicted molar refractivity (Wildman–Crippen MR) is 80.4 cm³/mol. The van der Waals surface area contributed by atoms with E-state index >= 15 is 0 Å². The molecule has 1 aromatic carbocycles. The number of hydrogen-bond donors (Lipinski definition) is 1. The number of methoxy groups -OCH3 is 2. The molecule has 116 valence electrons. The standard InChI is InChI=1S/C15H22N2O4/c1-17(10-4-5-15(19)21-3)11-14(18)16-12-6-8-13(20-2)9-7-12/h6-9H,4-5,10-11H2,1-3H3,(H,16,18). The van der Waals surface area contributed by atoms with Crippen molar-refractivity contribution in [3.63, 3.8) is 0 Å². The number of nitrogens with zero attached hydrogens (tertiary/aromatic N) is 1. The zero-order valence-electron chi connectivity index (χ0n) is 12.7. The SMILES string of the molecule is COC(=O)CCCN(C)CC(=O)Nc1ccc(OC)cc1. The van der Waals surface area contributed by atoms with Gasteiger partial charge in [0, 0.05) is 12.1 Å². The third-order valence-corrected chi connectivity index (χ3v) is 2.94. The Kier molecular flexibility index (Phi) is 7.25. The molecule has 0 aliphatic heterocycles. The van der Waals surface area contributed by atoms with Crippen molar-refractivity contribution in [1.82, 2.24) is 4.90 Å². The minimum absolute atomic E-state index is 0.0965. The number of carbonyl (C=O) groups excluding carboxylic acids is 2. The summed E-state index contributed by atoms with van der Waals surface area (Å²) in [5.74, 6) is 0.416. The number of anilines is 1. The number of nitrogens with one attached hydrogen (secondary N) is 1. The van der Waals surface area contributed by atoms with Gasteiger partial charge in [-0.05, 0) is 44.3 Å². The van der Waals surface area contributed by atoms with Crippen LogP contribution >= 0.6 is 0 Å². The first-order valence-corrected chi connectivity index (χ1v) is 6.74. The minimum atomic E-state index is -0.230. The second-order valence-corrected chi connectivity index (χ2v) is 4.69. The lowest BCUT2D eigenvalue weighted by atomic mass is 10.3. The number of carbonyl (C=O) groups is 2. The third kappa shape index (κ3) is 6.76. The average molecular weight is 294 g/mol. The van der Waals surface area contributed by atoms with Crippen molar-refractivity contribution >= 4 is 17.6 Å². The topological polar surface area (TPSA) is 67.9 Å². The summed E-state index contributed by atoms with van der Waals surface area (Å²) in [7, 11) is 4.80. The molecule has 0 unspecified atom stereocenters. The number of ether oxygens (including phenoxy) is 2. The summed E-state index contributed by atoms with van der Waals surface area (Å²) in [6.07, 6.45) is 1.03. The van der Waals surface area contributed by atoms with Gasteiger partial charge < -0.3 is 14.8 Å². The van der Waals surface area contributed by atoms with Crippen LogP contribution in [0.5, 0.6) is 5.75 Å². The van der Waals surface area contributed by atoms with Crippen LogP contribution in [0.2, 0.25) is 0 Å². The van der Waals surface area contributed by atoms with Gasteiger partial charge in [-0.2, -0.15) is 0 Å². The maximum Gasteiger partial charge on any atom is 0.305 e. The fourth-order valence-corrected chi connectivity index (χ4v) is 1.79. The summed E-state index contributed by atoms with van der Waals surface area (Å²) in [5, 5.41) is 2.81. The maximum absolute atomic E-state index is 11.9. The monoisotopic (exact) mass is 294 g/mol. The first-order chi connectivity index (χ1) is 10.0. The summed E-state index contributed by atoms with van der Waals surface area (Å²) in [6, 6.07) is 7.15. The van der Waals surface area contributed by atoms with Crippen molar-refractivity contribution < 1.29 is 19.1 Å². The van der Waals surface area contributed by atoms with E-state index in [-0.39, 0.29) is 18.4 Å². The Morgan fingerprint density at radius 3 is 2.43 bits per heavy atom. The first-order valence-electron chi connectivity index (χ1n) is 6.74. The number of benzene rings is 1. The van der Waals surface area contributed by atoms with E-state index in [4.69, 9.17) is 4.74 Å². The van der Waals surface area contributed by atoms with Crippen LogP contribution < -0.4 is 10.1 Å². The maximum atomic E-state index is 11.9. The molecular weight excluding hydrogens is 272 g/mol. The molecule has 0 spiro atoms. The lowest BCUT2D eigenvalue weighted by molar-refractivity contribution is -0.140. The molecule has 1 amide bonds. The summed E-state index contributed by atoms with van der Waals surface area (Å²) in [6.45, 7) is 0.929. The van der Waals surface area contributed by atoms with Crippen molar-refractivity contribution in [3.05, 3.63) is 24.3 Å². The van der Waals surface area contributed by atoms with Gasteiger partial charge in [0.2, 0.25) is 5.91 Å². The minimum Gasteiger partial charge on any atom is -0.497 e. The van der Waals surface area contributed by atoms with Gasteiger partial charge >= 0.3 is 5.97 Å². The van der Waals surface area contributed by atoms with E-state index in [0.29, 0.717) is 19.4 Å². The number of amides is 1. The highest BCUT2D eigenvalue weighted by Crippen LogP contribution is 2.14. The number of likely N-dealkylation sites (N-methyl/N-ethyl adjacent to an activating group) is 1. The number of hydrogen-bond acceptors (Lipinski definition) is 5. The third-order valence-electron chi connectivity index (χ3n) is 2.94. The van der Waals surface area contributed by atoms with E-state index < -0.39 is 0 Å². The van der Waals surface area contributed by atoms with E-state index in [2.05, 4.69) is 10.1 Å². The molecule has 0 fully saturated rings. The second kappa shape index (κ2) is 8.97. The highest BCUT2D eigenvalue weighted by Gasteiger charge is 2.08. The van der Waals surface area contributed by atoms with E-state index in [0.717, 1.165) is 11.4 Å². The lowest BCUT2D eigenvalue weighted by Crippen LogP contribution is -2.31. The van der Waals surface area contributed by atoms with Crippen LogP contribution in [-0.4, -0.2) is 51.1 Å². The largest absolute Gasteiger partial charge is 0.497 e. The van der Waals surface area contributed by atoms with Gasteiger partial charge in [-0.3, -0.25) is 14.5 Å². The van der Waals surface area contributed by atoms with Crippen LogP contribution in [0.3, 0.4) is 0 Å². The normalized spacial score (nSPS) is 10.3. The molecule has 1 rings (SSSR count). The molecular formula is C15H22N2O4. The fourth-order valence-electron chi connectivity index (χ4n) is 1.79. The predicted octanol–water partition coefficient (Wildman–Crippen LogP) is 1.52. The van der Waals surface area contributed by atoms with Crippen molar-refractivity contribution in [2.24, 2.45) is 0 Å². The number of rotatable bonds is 8. The smallest absolute Gasteiger partial charge is 0.305 e. The molecule has 0 heterocycles. The molecule has 21 heavy (non-hydrogen) atoms. The van der Waals surface area contributed by atoms with Crippen molar-refractivity contribution in [2.45, 2.75) is 12.8 Å². The molecule has 1 aromatic rings. The Morgan fingerprint density at radius 2 is 1.86 bits per heavy atom. The lowest BCUT2D eigenvalue weighted by Gasteiger charge is -2.15. The summed E-state index contributed by atoms with van der Waals surface area (Å²) >= 11 is 0. The molecule has 0 bridgehead atoms. The quantitative estimate of drug-likeness (QED) is 0.736. The van der Waals surface area contributed by atoms with Gasteiger partial charge in [0.25, 0.3) is 0 Å². The van der Waals surface area contributed by atoms with Gasteiger partial charge in [-0.1, -0.05) is 0 Å². The van der Waals surface area contributed by atoms with Gasteiger partial charge in [0.15, 0.2) is 0 Å². The van der Waals surface area contributed by atoms with Gasteiger partial charge in [0.1, 0.15) is 5.75 Å². The molecule has 6 nitrogen and oxygen atoms in total. The zero-order chi connectivity index (χ0) is 15.7. The molecule has 0 saturated heterocycles. The Hall–Kier alpha value is -2.08. The van der Waals surface area contributed by atoms with E-state index in [1.165, 1.54) is 7.11 Å². The van der Waals surface area contributed by atoms with E-state index in [1.807, 2.05) is 11.9 Å². The highest BCUT2D eigenvalue weighted by atomic mass is 16.5. The van der Waals surface area contributed by atoms with Crippen LogP contribution in [0.4, 0.5) is 5.69 Å². The number of esters is 1. The van der Waals surface area contributed by atoms with Crippen LogP contribution in [0, 0.1) is 0 Å². The molecule has 6 heteroatoms. The summed E-state index contributed by atoms with van der Waals surface area (Å²) in [5.41, 5.74) is 0.726. The molecule has 1 N–H and O–H groups in total. The molecule has 0 aliphatic carbocycles. The molecule has 0 aromatic heterocycles. The zero-order valence-corrected chi connectivity index (χ0v) is 12.7. The van der Waals surface area contributed by atoms with Gasteiger partial charge in [-0.15, -0.1) is 0 Å². The van der Waals surface area contributed by atoms with E-state index in [9.17, 15) is 9.59 Å².